The summed E-state index contributed by atoms with van der Waals surface area (Å²) >= 11 is 0. The largest absolute Gasteiger partial charge is 0.458 e. The number of rotatable bonds is 18. The first-order valence-corrected chi connectivity index (χ1v) is 30.9. The molecule has 29 atom stereocenters. The molecule has 0 aromatic heterocycles. The topological polar surface area (TPSA) is 305 Å². The number of ketones is 1. The van der Waals surface area contributed by atoms with Crippen molar-refractivity contribution in [2.45, 2.75) is 272 Å². The molecule has 7 N–H and O–H groups in total. The van der Waals surface area contributed by atoms with Crippen molar-refractivity contribution in [1.29, 1.82) is 0 Å². The van der Waals surface area contributed by atoms with Crippen LogP contribution in [0.5, 0.6) is 0 Å². The molecule has 0 amide bonds. The second kappa shape index (κ2) is 26.7. The van der Waals surface area contributed by atoms with Crippen LogP contribution in [0.1, 0.15) is 125 Å². The lowest BCUT2D eigenvalue weighted by Crippen LogP contribution is -2.75. The number of aliphatic hydroxyl groups is 7. The van der Waals surface area contributed by atoms with Gasteiger partial charge in [-0.15, -0.1) is 0 Å². The van der Waals surface area contributed by atoms with E-state index in [2.05, 4.69) is 13.0 Å². The molecule has 5 aliphatic heterocycles. The van der Waals surface area contributed by atoms with Crippen molar-refractivity contribution in [3.05, 3.63) is 53.6 Å². The van der Waals surface area contributed by atoms with Gasteiger partial charge in [0.25, 0.3) is 0 Å². The molecule has 0 radical (unpaired) electrons. The second-order valence-corrected chi connectivity index (χ2v) is 26.1. The van der Waals surface area contributed by atoms with Gasteiger partial charge in [0.15, 0.2) is 31.5 Å². The molecule has 8 fully saturated rings. The lowest BCUT2D eigenvalue weighted by Gasteiger charge is -2.66. The number of hydrogen-bond donors (Lipinski definition) is 7. The molecule has 0 spiro atoms. The van der Waals surface area contributed by atoms with Crippen LogP contribution in [0.4, 0.5) is 0 Å². The normalized spacial score (nSPS) is 48.8. The highest BCUT2D eigenvalue weighted by Crippen LogP contribution is 2.70. The molecule has 1 aromatic rings. The van der Waals surface area contributed by atoms with Crippen LogP contribution in [-0.2, 0) is 75.9 Å². The van der Waals surface area contributed by atoms with Gasteiger partial charge in [0.2, 0.25) is 0 Å². The highest BCUT2D eigenvalue weighted by atomic mass is 16.8. The molecule has 23 nitrogen and oxygen atoms in total. The van der Waals surface area contributed by atoms with E-state index in [4.69, 9.17) is 66.3 Å². The lowest BCUT2D eigenvalue weighted by molar-refractivity contribution is -0.358. The molecule has 86 heavy (non-hydrogen) atoms. The molecule has 484 valence electrons. The van der Waals surface area contributed by atoms with Crippen molar-refractivity contribution >= 4 is 17.8 Å². The predicted molar refractivity (Wildman–Crippen MR) is 302 cm³/mol. The Kier molecular flexibility index (Phi) is 20.5. The number of carbonyl (C=O) groups is 2. The first kappa shape index (κ1) is 66.0. The Bertz CT molecular complexity index is 2510. The van der Waals surface area contributed by atoms with Crippen molar-refractivity contribution < 1.29 is 112 Å². The van der Waals surface area contributed by atoms with Crippen molar-refractivity contribution in [2.75, 3.05) is 27.9 Å². The smallest absolute Gasteiger partial charge is 0.331 e. The summed E-state index contributed by atoms with van der Waals surface area (Å²) in [7, 11) is 4.68. The zero-order valence-corrected chi connectivity index (χ0v) is 51.2. The molecule has 10 rings (SSSR count). The minimum atomic E-state index is -1.71. The van der Waals surface area contributed by atoms with E-state index >= 15 is 0 Å². The van der Waals surface area contributed by atoms with Crippen LogP contribution in [0.15, 0.2) is 48.1 Å². The summed E-state index contributed by atoms with van der Waals surface area (Å²) in [4.78, 5) is 26.9. The van der Waals surface area contributed by atoms with Gasteiger partial charge in [-0.2, -0.15) is 0 Å². The SMILES string of the molecule is CO[C@H]1C[C@H](O[C@H]2CC[C@@]3(C)C(=CC[C@]4(O)[C@@H]3C[C@@H](OC(=O)C=Cc3ccccc3)[C@]3(C)[C@H](C(C)=O)CC[C@@]34O)C2)O[C@H](C)[C@H]1O[C@H]1C[C@H](O)[C@H](O[C@H]2C[C@H](OC)[C@H](O[C@H]3C[C@H](OC)[C@H](O[C@@H]4O[C@H](CO)[C@@H](O)[C@H](O)[C@H]4O)[C@@H](C)O3)[C@@H](C)O2)[C@@H](C)O1. The number of carbonyl (C=O) groups excluding carboxylic acids is 2. The van der Waals surface area contributed by atoms with Gasteiger partial charge in [0, 0.05) is 70.3 Å². The molecule has 4 aliphatic carbocycles. The molecule has 23 heteroatoms. The number of benzene rings is 1. The van der Waals surface area contributed by atoms with Crippen LogP contribution in [0.25, 0.3) is 6.08 Å². The molecular weight excluding hydrogens is 1120 g/mol. The molecule has 5 heterocycles. The highest BCUT2D eigenvalue weighted by Gasteiger charge is 2.77. The Hall–Kier alpha value is -2.96. The van der Waals surface area contributed by atoms with Gasteiger partial charge in [0.1, 0.15) is 71.9 Å². The van der Waals surface area contributed by atoms with Gasteiger partial charge >= 0.3 is 5.97 Å². The van der Waals surface area contributed by atoms with Crippen LogP contribution in [-0.4, -0.2) is 228 Å². The van der Waals surface area contributed by atoms with Gasteiger partial charge < -0.3 is 102 Å². The van der Waals surface area contributed by atoms with Crippen LogP contribution in [0.3, 0.4) is 0 Å². The quantitative estimate of drug-likeness (QED) is 0.0630. The number of aliphatic hydroxyl groups excluding tert-OH is 5. The predicted octanol–water partition coefficient (Wildman–Crippen LogP) is 3.29. The van der Waals surface area contributed by atoms with E-state index < -0.39 is 182 Å². The fourth-order valence-corrected chi connectivity index (χ4v) is 16.4. The molecule has 1 aromatic carbocycles. The third-order valence-electron chi connectivity index (χ3n) is 21.2. The Morgan fingerprint density at radius 2 is 1.19 bits per heavy atom. The number of Topliss-reactive ketones (excluding diaryl/α,β-unsaturated/α-hetero) is 1. The maximum atomic E-state index is 13.6. The number of esters is 1. The molecule has 0 unspecified atom stereocenters. The number of hydrogen-bond acceptors (Lipinski definition) is 23. The van der Waals surface area contributed by atoms with Crippen molar-refractivity contribution in [3.8, 4) is 0 Å². The molecular formula is C63H94O23. The Morgan fingerprint density at radius 1 is 0.651 bits per heavy atom. The van der Waals surface area contributed by atoms with E-state index in [1.807, 2.05) is 51.1 Å². The highest BCUT2D eigenvalue weighted by molar-refractivity contribution is 5.87. The van der Waals surface area contributed by atoms with Crippen molar-refractivity contribution in [1.82, 2.24) is 0 Å². The number of fused-ring (bicyclic) bond motifs is 5. The summed E-state index contributed by atoms with van der Waals surface area (Å²) in [5.41, 5.74) is -3.15. The van der Waals surface area contributed by atoms with Crippen molar-refractivity contribution in [3.63, 3.8) is 0 Å². The van der Waals surface area contributed by atoms with E-state index in [1.165, 1.54) is 20.1 Å². The van der Waals surface area contributed by atoms with Gasteiger partial charge in [-0.1, -0.05) is 55.8 Å². The molecule has 0 bridgehead atoms. The Balaban J connectivity index is 0.710. The Labute approximate surface area is 503 Å². The lowest BCUT2D eigenvalue weighted by atomic mass is 9.43. The Morgan fingerprint density at radius 3 is 1.73 bits per heavy atom. The average Bonchev–Trinajstić information content (AvgIpc) is 1.38. The monoisotopic (exact) mass is 1220 g/mol. The van der Waals surface area contributed by atoms with Gasteiger partial charge in [-0.05, 0) is 96.6 Å². The minimum Gasteiger partial charge on any atom is -0.458 e. The van der Waals surface area contributed by atoms with Crippen LogP contribution < -0.4 is 0 Å². The standard InChI is InChI=1S/C63H94O23/c1-31(65)39-20-23-63(72)61(39,7)46(82-47(67)17-16-36-14-12-11-13-15-36)29-45-60(6)21-19-38(24-37(60)18-22-62(45,63)71)80-49-26-41(73-8)56(33(3)77-49)84-48-25-40(66)55(32(2)76-48)83-50-27-42(74-9)57(34(4)78-50)85-51-28-43(75-10)58(35(5)79-51)86-59-54(70)53(69)52(68)44(30-64)81-59/h11-18,32-35,38-46,48-59,64,66,68-72H,19-30H2,1-10H3/t32-,33-,34-,35-,38+,39+,40+,41+,42+,43+,44-,45-,46-,48+,49+,50+,51+,52-,53+,54-,55-,56-,57-,58-,59+,60+,61+,62+,63-/m1/s1. The summed E-state index contributed by atoms with van der Waals surface area (Å²) < 4.78 is 87.5. The zero-order valence-electron chi connectivity index (χ0n) is 51.2. The first-order valence-electron chi connectivity index (χ1n) is 30.9. The van der Waals surface area contributed by atoms with E-state index in [0.717, 1.165) is 11.1 Å². The van der Waals surface area contributed by atoms with E-state index in [-0.39, 0.29) is 50.4 Å². The summed E-state index contributed by atoms with van der Waals surface area (Å²) in [6.07, 6.45) is -10.2. The van der Waals surface area contributed by atoms with E-state index in [9.17, 15) is 45.3 Å². The maximum absolute atomic E-state index is 13.6. The van der Waals surface area contributed by atoms with Gasteiger partial charge in [-0.25, -0.2) is 4.79 Å². The fourth-order valence-electron chi connectivity index (χ4n) is 16.4. The number of methoxy groups -OCH3 is 3. The first-order chi connectivity index (χ1) is 40.9. The fraction of sp³-hybridized carbons (Fsp3) is 0.810. The van der Waals surface area contributed by atoms with Crippen LogP contribution in [0, 0.1) is 22.7 Å². The van der Waals surface area contributed by atoms with E-state index in [1.54, 1.807) is 34.1 Å². The van der Waals surface area contributed by atoms with E-state index in [0.29, 0.717) is 32.1 Å². The molecule has 3 saturated carbocycles. The second-order valence-electron chi connectivity index (χ2n) is 26.1. The van der Waals surface area contributed by atoms with Crippen molar-refractivity contribution in [2.24, 2.45) is 22.7 Å². The molecule has 5 saturated heterocycles. The summed E-state index contributed by atoms with van der Waals surface area (Å²) in [6.45, 7) is 12.1. The zero-order chi connectivity index (χ0) is 61.8. The summed E-state index contributed by atoms with van der Waals surface area (Å²) in [5, 5.41) is 78.5. The summed E-state index contributed by atoms with van der Waals surface area (Å²) in [5.74, 6) is -1.77. The van der Waals surface area contributed by atoms with Crippen LogP contribution in [0.2, 0.25) is 0 Å². The van der Waals surface area contributed by atoms with Gasteiger partial charge in [-0.3, -0.25) is 4.79 Å². The van der Waals surface area contributed by atoms with Crippen LogP contribution >= 0.6 is 0 Å². The maximum Gasteiger partial charge on any atom is 0.331 e. The average molecular weight is 1220 g/mol. The molecule has 9 aliphatic rings. The van der Waals surface area contributed by atoms with Gasteiger partial charge in [0.05, 0.1) is 61.5 Å². The minimum absolute atomic E-state index is 0.0871. The third kappa shape index (κ3) is 12.5. The summed E-state index contributed by atoms with van der Waals surface area (Å²) in [6, 6.07) is 9.42. The third-order valence-corrected chi connectivity index (χ3v) is 21.2. The number of ether oxygens (including phenoxy) is 14.